The number of benzene rings is 1. The van der Waals surface area contributed by atoms with Crippen LogP contribution in [0.5, 0.6) is 0 Å². The lowest BCUT2D eigenvalue weighted by molar-refractivity contribution is -0.384. The molecular formula is C14H22ClN3O3. The summed E-state index contributed by atoms with van der Waals surface area (Å²) in [6, 6.07) is 5.84. The largest absolute Gasteiger partial charge is 0.349 e. The lowest BCUT2D eigenvalue weighted by Crippen LogP contribution is -2.40. The average molecular weight is 316 g/mol. The molecule has 21 heavy (non-hydrogen) atoms. The van der Waals surface area contributed by atoms with Crippen LogP contribution in [-0.4, -0.2) is 16.9 Å². The van der Waals surface area contributed by atoms with Gasteiger partial charge in [-0.25, -0.2) is 0 Å². The molecule has 1 amide bonds. The van der Waals surface area contributed by atoms with Crippen LogP contribution in [0.1, 0.15) is 38.8 Å². The van der Waals surface area contributed by atoms with Crippen molar-refractivity contribution in [3.05, 3.63) is 39.9 Å². The maximum Gasteiger partial charge on any atom is 0.269 e. The fourth-order valence-electron chi connectivity index (χ4n) is 1.82. The summed E-state index contributed by atoms with van der Waals surface area (Å²) in [7, 11) is 0. The van der Waals surface area contributed by atoms with Crippen LogP contribution >= 0.6 is 12.4 Å². The van der Waals surface area contributed by atoms with Gasteiger partial charge < -0.3 is 11.1 Å². The molecule has 3 unspecified atom stereocenters. The van der Waals surface area contributed by atoms with Crippen molar-refractivity contribution in [1.29, 1.82) is 0 Å². The Balaban J connectivity index is 0.00000400. The molecule has 118 valence electrons. The molecule has 7 heteroatoms. The topological polar surface area (TPSA) is 98.3 Å². The normalized spacial score (nSPS) is 14.5. The summed E-state index contributed by atoms with van der Waals surface area (Å²) < 4.78 is 0. The van der Waals surface area contributed by atoms with E-state index in [1.165, 1.54) is 12.1 Å². The predicted octanol–water partition coefficient (Wildman–Crippen LogP) is 2.57. The van der Waals surface area contributed by atoms with E-state index in [4.69, 9.17) is 5.73 Å². The molecule has 6 nitrogen and oxygen atoms in total. The molecule has 1 rings (SSSR count). The van der Waals surface area contributed by atoms with Gasteiger partial charge in [0.2, 0.25) is 5.91 Å². The standard InChI is InChI=1S/C14H21N3O3.ClH/c1-4-13(16-14(18)9(2)10(3)15)11-6-5-7-12(8-11)17(19)20;/h5-10,13H,4,15H2,1-3H3,(H,16,18);1H. The molecule has 0 heterocycles. The number of nitro groups is 1. The third-order valence-electron chi connectivity index (χ3n) is 3.41. The minimum absolute atomic E-state index is 0. The summed E-state index contributed by atoms with van der Waals surface area (Å²) in [5, 5.41) is 13.7. The van der Waals surface area contributed by atoms with Gasteiger partial charge in [-0.05, 0) is 18.9 Å². The Kier molecular flexibility index (Phi) is 7.91. The SMILES string of the molecule is CCC(NC(=O)C(C)C(C)N)c1cccc([N+](=O)[O-])c1.Cl. The number of hydrogen-bond acceptors (Lipinski definition) is 4. The highest BCUT2D eigenvalue weighted by Gasteiger charge is 2.21. The van der Waals surface area contributed by atoms with Crippen LogP contribution < -0.4 is 11.1 Å². The summed E-state index contributed by atoms with van der Waals surface area (Å²) in [4.78, 5) is 22.4. The molecule has 0 aliphatic heterocycles. The zero-order valence-corrected chi connectivity index (χ0v) is 13.2. The summed E-state index contributed by atoms with van der Waals surface area (Å²) >= 11 is 0. The Morgan fingerprint density at radius 1 is 1.43 bits per heavy atom. The first-order chi connectivity index (χ1) is 9.36. The van der Waals surface area contributed by atoms with Crippen LogP contribution in [0.25, 0.3) is 0 Å². The highest BCUT2D eigenvalue weighted by molar-refractivity contribution is 5.85. The van der Waals surface area contributed by atoms with Crippen LogP contribution in [0.3, 0.4) is 0 Å². The number of nitro benzene ring substituents is 1. The van der Waals surface area contributed by atoms with E-state index in [0.717, 1.165) is 5.56 Å². The summed E-state index contributed by atoms with van der Waals surface area (Å²) in [5.41, 5.74) is 6.46. The van der Waals surface area contributed by atoms with Gasteiger partial charge in [0.25, 0.3) is 5.69 Å². The number of non-ortho nitro benzene ring substituents is 1. The van der Waals surface area contributed by atoms with E-state index in [0.29, 0.717) is 6.42 Å². The van der Waals surface area contributed by atoms with Crippen LogP contribution in [0.15, 0.2) is 24.3 Å². The van der Waals surface area contributed by atoms with Gasteiger partial charge in [0, 0.05) is 24.1 Å². The van der Waals surface area contributed by atoms with E-state index in [9.17, 15) is 14.9 Å². The molecule has 1 aromatic carbocycles. The monoisotopic (exact) mass is 315 g/mol. The van der Waals surface area contributed by atoms with Crippen molar-refractivity contribution < 1.29 is 9.72 Å². The maximum absolute atomic E-state index is 12.0. The molecule has 0 bridgehead atoms. The van der Waals surface area contributed by atoms with E-state index in [-0.39, 0.29) is 42.0 Å². The third-order valence-corrected chi connectivity index (χ3v) is 3.41. The summed E-state index contributed by atoms with van der Waals surface area (Å²) in [6.45, 7) is 5.46. The van der Waals surface area contributed by atoms with Crippen molar-refractivity contribution in [1.82, 2.24) is 5.32 Å². The molecule has 0 aliphatic carbocycles. The van der Waals surface area contributed by atoms with Crippen molar-refractivity contribution in [2.24, 2.45) is 11.7 Å². The molecule has 1 aromatic rings. The van der Waals surface area contributed by atoms with Gasteiger partial charge in [-0.3, -0.25) is 14.9 Å². The van der Waals surface area contributed by atoms with Crippen molar-refractivity contribution in [2.45, 2.75) is 39.3 Å². The summed E-state index contributed by atoms with van der Waals surface area (Å²) in [6.07, 6.45) is 0.651. The third kappa shape index (κ3) is 5.32. The van der Waals surface area contributed by atoms with Gasteiger partial charge in [-0.1, -0.05) is 26.0 Å². The Bertz CT molecular complexity index is 494. The molecule has 3 N–H and O–H groups in total. The minimum atomic E-state index is -0.442. The fourth-order valence-corrected chi connectivity index (χ4v) is 1.82. The molecule has 0 aromatic heterocycles. The van der Waals surface area contributed by atoms with Crippen LogP contribution in [-0.2, 0) is 4.79 Å². The van der Waals surface area contributed by atoms with E-state index >= 15 is 0 Å². The molecule has 0 saturated heterocycles. The lowest BCUT2D eigenvalue weighted by atomic mass is 10.00. The highest BCUT2D eigenvalue weighted by atomic mass is 35.5. The van der Waals surface area contributed by atoms with Gasteiger partial charge in [0.15, 0.2) is 0 Å². The zero-order chi connectivity index (χ0) is 15.3. The molecule has 0 aliphatic rings. The lowest BCUT2D eigenvalue weighted by Gasteiger charge is -2.21. The molecule has 0 fully saturated rings. The van der Waals surface area contributed by atoms with E-state index in [2.05, 4.69) is 5.32 Å². The number of amides is 1. The number of nitrogens with two attached hydrogens (primary N) is 1. The zero-order valence-electron chi connectivity index (χ0n) is 12.4. The van der Waals surface area contributed by atoms with Crippen molar-refractivity contribution in [2.75, 3.05) is 0 Å². The Morgan fingerprint density at radius 3 is 2.52 bits per heavy atom. The number of carbonyl (C=O) groups is 1. The Hall–Kier alpha value is -1.66. The van der Waals surface area contributed by atoms with E-state index < -0.39 is 4.92 Å². The second-order valence-corrected chi connectivity index (χ2v) is 4.97. The number of rotatable bonds is 6. The van der Waals surface area contributed by atoms with E-state index in [1.54, 1.807) is 26.0 Å². The number of nitrogens with zero attached hydrogens (tertiary/aromatic N) is 1. The number of hydrogen-bond donors (Lipinski definition) is 2. The van der Waals surface area contributed by atoms with Crippen molar-refractivity contribution in [3.8, 4) is 0 Å². The first kappa shape index (κ1) is 19.3. The Morgan fingerprint density at radius 2 is 2.05 bits per heavy atom. The number of nitrogens with one attached hydrogen (secondary N) is 1. The molecular weight excluding hydrogens is 294 g/mol. The fraction of sp³-hybridized carbons (Fsp3) is 0.500. The van der Waals surface area contributed by atoms with Gasteiger partial charge in [-0.15, -0.1) is 12.4 Å². The maximum atomic E-state index is 12.0. The quantitative estimate of drug-likeness (QED) is 0.622. The second-order valence-electron chi connectivity index (χ2n) is 4.97. The predicted molar refractivity (Wildman–Crippen MR) is 84.3 cm³/mol. The summed E-state index contributed by atoms with van der Waals surface area (Å²) in [5.74, 6) is -0.443. The van der Waals surface area contributed by atoms with Gasteiger partial charge in [-0.2, -0.15) is 0 Å². The van der Waals surface area contributed by atoms with Gasteiger partial charge >= 0.3 is 0 Å². The number of carbonyl (C=O) groups excluding carboxylic acids is 1. The van der Waals surface area contributed by atoms with Crippen LogP contribution in [0.4, 0.5) is 5.69 Å². The molecule has 0 spiro atoms. The molecule has 3 atom stereocenters. The highest BCUT2D eigenvalue weighted by Crippen LogP contribution is 2.22. The van der Waals surface area contributed by atoms with Crippen LogP contribution in [0, 0.1) is 16.0 Å². The van der Waals surface area contributed by atoms with Crippen LogP contribution in [0.2, 0.25) is 0 Å². The Labute approximate surface area is 130 Å². The molecule has 0 radical (unpaired) electrons. The van der Waals surface area contributed by atoms with Gasteiger partial charge in [0.1, 0.15) is 0 Å². The van der Waals surface area contributed by atoms with Crippen molar-refractivity contribution >= 4 is 24.0 Å². The first-order valence-electron chi connectivity index (χ1n) is 6.67. The first-order valence-corrected chi connectivity index (χ1v) is 6.67. The van der Waals surface area contributed by atoms with Crippen molar-refractivity contribution in [3.63, 3.8) is 0 Å². The van der Waals surface area contributed by atoms with E-state index in [1.807, 2.05) is 6.92 Å². The average Bonchev–Trinajstić information content (AvgIpc) is 2.43. The minimum Gasteiger partial charge on any atom is -0.349 e. The molecule has 0 saturated carbocycles. The smallest absolute Gasteiger partial charge is 0.269 e. The van der Waals surface area contributed by atoms with Gasteiger partial charge in [0.05, 0.1) is 11.0 Å². The number of halogens is 1. The second kappa shape index (κ2) is 8.59.